The molecule has 0 heterocycles. The van der Waals surface area contributed by atoms with Crippen LogP contribution in [-0.4, -0.2) is 6.10 Å². The van der Waals surface area contributed by atoms with Gasteiger partial charge in [0.1, 0.15) is 11.9 Å². The van der Waals surface area contributed by atoms with Crippen LogP contribution in [0.4, 0.5) is 0 Å². The molecule has 0 spiro atoms. The molecule has 2 aliphatic rings. The second-order valence-electron chi connectivity index (χ2n) is 7.31. The molecule has 0 aliphatic heterocycles. The van der Waals surface area contributed by atoms with E-state index in [0.29, 0.717) is 11.5 Å². The minimum absolute atomic E-state index is 0.277. The predicted molar refractivity (Wildman–Crippen MR) is 79.5 cm³/mol. The molecule has 3 unspecified atom stereocenters. The Morgan fingerprint density at radius 3 is 2.55 bits per heavy atom. The molecule has 3 rings (SSSR count). The Labute approximate surface area is 121 Å². The molecular formula is C18H23NO. The second kappa shape index (κ2) is 4.25. The average molecular weight is 269 g/mol. The van der Waals surface area contributed by atoms with Crippen molar-refractivity contribution in [3.05, 3.63) is 29.3 Å². The number of hydrogen-bond donors (Lipinski definition) is 0. The van der Waals surface area contributed by atoms with Crippen LogP contribution in [0.1, 0.15) is 51.2 Å². The average Bonchev–Trinajstić information content (AvgIpc) is 2.72. The highest BCUT2D eigenvalue weighted by Crippen LogP contribution is 2.66. The number of hydrogen-bond acceptors (Lipinski definition) is 2. The Hall–Kier alpha value is -1.49. The number of rotatable bonds is 2. The normalized spacial score (nSPS) is 34.0. The van der Waals surface area contributed by atoms with Crippen molar-refractivity contribution < 1.29 is 4.74 Å². The summed E-state index contributed by atoms with van der Waals surface area (Å²) in [4.78, 5) is 0. The first kappa shape index (κ1) is 13.5. The minimum atomic E-state index is 0.277. The summed E-state index contributed by atoms with van der Waals surface area (Å²) in [6.07, 6.45) is 4.09. The highest BCUT2D eigenvalue weighted by molar-refractivity contribution is 5.42. The van der Waals surface area contributed by atoms with Crippen molar-refractivity contribution in [2.24, 2.45) is 16.7 Å². The van der Waals surface area contributed by atoms with Gasteiger partial charge in [-0.1, -0.05) is 20.8 Å². The van der Waals surface area contributed by atoms with Crippen molar-refractivity contribution in [1.29, 1.82) is 5.26 Å². The summed E-state index contributed by atoms with van der Waals surface area (Å²) in [5, 5.41) is 9.00. The van der Waals surface area contributed by atoms with Gasteiger partial charge in [-0.05, 0) is 61.3 Å². The Balaban J connectivity index is 1.84. The molecule has 2 saturated carbocycles. The van der Waals surface area contributed by atoms with Crippen molar-refractivity contribution in [3.8, 4) is 11.8 Å². The van der Waals surface area contributed by atoms with Gasteiger partial charge in [-0.2, -0.15) is 5.26 Å². The molecule has 0 aromatic heterocycles. The van der Waals surface area contributed by atoms with Crippen LogP contribution in [0.25, 0.3) is 0 Å². The van der Waals surface area contributed by atoms with E-state index in [2.05, 4.69) is 26.8 Å². The van der Waals surface area contributed by atoms with Crippen LogP contribution in [0.5, 0.6) is 5.75 Å². The van der Waals surface area contributed by atoms with Gasteiger partial charge in [0.2, 0.25) is 0 Å². The van der Waals surface area contributed by atoms with Gasteiger partial charge in [0.15, 0.2) is 0 Å². The fourth-order valence-electron chi connectivity index (χ4n) is 4.31. The first-order chi connectivity index (χ1) is 9.38. The summed E-state index contributed by atoms with van der Waals surface area (Å²) < 4.78 is 6.32. The molecule has 2 bridgehead atoms. The summed E-state index contributed by atoms with van der Waals surface area (Å²) in [5.74, 6) is 1.70. The van der Waals surface area contributed by atoms with E-state index in [1.807, 2.05) is 25.1 Å². The standard InChI is InChI=1S/C18H23NO/c1-12-9-15(6-5-13(12)11-19)20-16-10-14-7-8-18(16,4)17(14,2)3/h5-6,9,14,16H,7-8,10H2,1-4H3. The molecule has 0 saturated heterocycles. The Morgan fingerprint density at radius 2 is 2.05 bits per heavy atom. The number of nitrogens with zero attached hydrogens (tertiary/aromatic N) is 1. The summed E-state index contributed by atoms with van der Waals surface area (Å²) in [5.41, 5.74) is 2.38. The molecule has 2 nitrogen and oxygen atoms in total. The van der Waals surface area contributed by atoms with E-state index in [4.69, 9.17) is 10.00 Å². The zero-order valence-corrected chi connectivity index (χ0v) is 12.9. The van der Waals surface area contributed by atoms with E-state index in [0.717, 1.165) is 22.8 Å². The van der Waals surface area contributed by atoms with Gasteiger partial charge >= 0.3 is 0 Å². The Morgan fingerprint density at radius 1 is 1.30 bits per heavy atom. The molecule has 0 amide bonds. The first-order valence-electron chi connectivity index (χ1n) is 7.56. The number of nitriles is 1. The van der Waals surface area contributed by atoms with Gasteiger partial charge in [0.25, 0.3) is 0 Å². The molecule has 1 aromatic carbocycles. The molecule has 2 fully saturated rings. The lowest BCUT2D eigenvalue weighted by molar-refractivity contribution is 0.0301. The monoisotopic (exact) mass is 269 g/mol. The van der Waals surface area contributed by atoms with Crippen molar-refractivity contribution in [2.45, 2.75) is 53.1 Å². The number of benzene rings is 1. The van der Waals surface area contributed by atoms with E-state index in [-0.39, 0.29) is 5.41 Å². The quantitative estimate of drug-likeness (QED) is 0.794. The van der Waals surface area contributed by atoms with Crippen molar-refractivity contribution >= 4 is 0 Å². The third-order valence-electron chi connectivity index (χ3n) is 6.31. The molecule has 20 heavy (non-hydrogen) atoms. The van der Waals surface area contributed by atoms with Gasteiger partial charge in [-0.3, -0.25) is 0 Å². The number of ether oxygens (including phenoxy) is 1. The van der Waals surface area contributed by atoms with Crippen molar-refractivity contribution in [2.75, 3.05) is 0 Å². The minimum Gasteiger partial charge on any atom is -0.490 e. The lowest BCUT2D eigenvalue weighted by Crippen LogP contribution is -2.38. The maximum absolute atomic E-state index is 9.00. The topological polar surface area (TPSA) is 33.0 Å². The highest BCUT2D eigenvalue weighted by Gasteiger charge is 2.62. The van der Waals surface area contributed by atoms with Gasteiger partial charge in [0.05, 0.1) is 11.6 Å². The maximum Gasteiger partial charge on any atom is 0.120 e. The van der Waals surface area contributed by atoms with Crippen LogP contribution in [0.2, 0.25) is 0 Å². The van der Waals surface area contributed by atoms with Gasteiger partial charge in [-0.15, -0.1) is 0 Å². The van der Waals surface area contributed by atoms with Crippen LogP contribution in [0, 0.1) is 35.0 Å². The maximum atomic E-state index is 9.00. The van der Waals surface area contributed by atoms with Gasteiger partial charge < -0.3 is 4.74 Å². The van der Waals surface area contributed by atoms with Crippen molar-refractivity contribution in [1.82, 2.24) is 0 Å². The lowest BCUT2D eigenvalue weighted by Gasteiger charge is -2.38. The zero-order chi connectivity index (χ0) is 14.5. The summed E-state index contributed by atoms with van der Waals surface area (Å²) in [6, 6.07) is 8.01. The molecule has 0 radical (unpaired) electrons. The summed E-state index contributed by atoms with van der Waals surface area (Å²) in [7, 11) is 0. The van der Waals surface area contributed by atoms with E-state index in [1.54, 1.807) is 0 Å². The Bertz CT molecular complexity index is 584. The number of aryl methyl sites for hydroxylation is 1. The molecule has 1 aromatic rings. The van der Waals surface area contributed by atoms with Crippen LogP contribution in [0.15, 0.2) is 18.2 Å². The molecular weight excluding hydrogens is 246 g/mol. The first-order valence-corrected chi connectivity index (χ1v) is 7.56. The van der Waals surface area contributed by atoms with Gasteiger partial charge in [0, 0.05) is 5.41 Å². The molecule has 3 atom stereocenters. The van der Waals surface area contributed by atoms with Gasteiger partial charge in [-0.25, -0.2) is 0 Å². The molecule has 2 heteroatoms. The van der Waals surface area contributed by atoms with Crippen LogP contribution < -0.4 is 4.74 Å². The third-order valence-corrected chi connectivity index (χ3v) is 6.31. The van der Waals surface area contributed by atoms with E-state index >= 15 is 0 Å². The third kappa shape index (κ3) is 1.69. The molecule has 2 aliphatic carbocycles. The van der Waals surface area contributed by atoms with E-state index in [9.17, 15) is 0 Å². The largest absolute Gasteiger partial charge is 0.490 e. The zero-order valence-electron chi connectivity index (χ0n) is 12.9. The predicted octanol–water partition coefficient (Wildman–Crippen LogP) is 4.46. The van der Waals surface area contributed by atoms with Crippen LogP contribution >= 0.6 is 0 Å². The second-order valence-corrected chi connectivity index (χ2v) is 7.31. The van der Waals surface area contributed by atoms with E-state index in [1.165, 1.54) is 19.3 Å². The number of fused-ring (bicyclic) bond motifs is 2. The fraction of sp³-hybridized carbons (Fsp3) is 0.611. The summed E-state index contributed by atoms with van der Waals surface area (Å²) in [6.45, 7) is 9.16. The molecule has 106 valence electrons. The fourth-order valence-corrected chi connectivity index (χ4v) is 4.31. The molecule has 0 N–H and O–H groups in total. The smallest absolute Gasteiger partial charge is 0.120 e. The summed E-state index contributed by atoms with van der Waals surface area (Å²) >= 11 is 0. The lowest BCUT2D eigenvalue weighted by atomic mass is 9.70. The van der Waals surface area contributed by atoms with Crippen LogP contribution in [-0.2, 0) is 0 Å². The van der Waals surface area contributed by atoms with E-state index < -0.39 is 0 Å². The highest BCUT2D eigenvalue weighted by atomic mass is 16.5. The van der Waals surface area contributed by atoms with Crippen molar-refractivity contribution in [3.63, 3.8) is 0 Å². The van der Waals surface area contributed by atoms with Crippen LogP contribution in [0.3, 0.4) is 0 Å². The Kier molecular flexibility index (Phi) is 2.87. The SMILES string of the molecule is Cc1cc(OC2CC3CCC2(C)C3(C)C)ccc1C#N.